The number of nitrogens with zero attached hydrogens (tertiary/aromatic N) is 3. The molecule has 1 amide bonds. The predicted octanol–water partition coefficient (Wildman–Crippen LogP) is 5.14. The van der Waals surface area contributed by atoms with Crippen LogP contribution in [0.5, 0.6) is 0 Å². The molecule has 4 heterocycles. The molecular formula is C26H33ClN4O4S. The highest BCUT2D eigenvalue weighted by molar-refractivity contribution is 7.19. The number of hydrogen-bond acceptors (Lipinski definition) is 6. The Balaban J connectivity index is 1.64. The third-order valence-corrected chi connectivity index (χ3v) is 8.37. The van der Waals surface area contributed by atoms with E-state index in [0.29, 0.717) is 34.7 Å². The zero-order chi connectivity index (χ0) is 26.0. The first-order chi connectivity index (χ1) is 17.2. The zero-order valence-corrected chi connectivity index (χ0v) is 22.7. The molecule has 0 radical (unpaired) electrons. The molecule has 3 aromatic heterocycles. The van der Waals surface area contributed by atoms with Gasteiger partial charge in [-0.15, -0.1) is 11.3 Å². The van der Waals surface area contributed by atoms with Crippen LogP contribution in [0.4, 0.5) is 0 Å². The maximum atomic E-state index is 13.6. The summed E-state index contributed by atoms with van der Waals surface area (Å²) in [7, 11) is 0. The van der Waals surface area contributed by atoms with Crippen molar-refractivity contribution in [2.75, 3.05) is 13.1 Å². The summed E-state index contributed by atoms with van der Waals surface area (Å²) in [6.07, 6.45) is 3.77. The lowest BCUT2D eigenvalue weighted by atomic mass is 10.0. The quantitative estimate of drug-likeness (QED) is 0.395. The first kappa shape index (κ1) is 26.4. The SMILES string of the molecule is Cc1c(CCC(=O)O)c(C)n(Cc2nocc2-c2ccc(Cl)s2)c1C(=O)NC1CCN(C(C)C)CC1. The van der Waals surface area contributed by atoms with Gasteiger partial charge in [0.05, 0.1) is 16.4 Å². The number of nitrogens with one attached hydrogen (secondary N) is 1. The van der Waals surface area contributed by atoms with E-state index in [9.17, 15) is 14.7 Å². The summed E-state index contributed by atoms with van der Waals surface area (Å²) in [5, 5.41) is 16.7. The molecule has 0 aromatic carbocycles. The van der Waals surface area contributed by atoms with Crippen molar-refractivity contribution in [3.8, 4) is 10.4 Å². The largest absolute Gasteiger partial charge is 0.481 e. The van der Waals surface area contributed by atoms with Crippen LogP contribution in [0, 0.1) is 13.8 Å². The van der Waals surface area contributed by atoms with Crippen LogP contribution in [0.25, 0.3) is 10.4 Å². The van der Waals surface area contributed by atoms with Gasteiger partial charge in [-0.25, -0.2) is 0 Å². The Labute approximate surface area is 220 Å². The highest BCUT2D eigenvalue weighted by Gasteiger charge is 2.28. The standard InChI is InChI=1S/C26H33ClN4O4S/c1-15(2)30-11-9-18(10-12-30)28-26(34)25-16(3)19(5-8-24(32)33)17(4)31(25)13-21-20(14-35-29-21)22-6-7-23(27)36-22/h6-7,14-15,18H,5,8-13H2,1-4H3,(H,28,34)(H,32,33). The van der Waals surface area contributed by atoms with Crippen LogP contribution in [-0.4, -0.2) is 56.8 Å². The van der Waals surface area contributed by atoms with Crippen molar-refractivity contribution in [3.05, 3.63) is 50.9 Å². The Morgan fingerprint density at radius 2 is 2.00 bits per heavy atom. The summed E-state index contributed by atoms with van der Waals surface area (Å²) < 4.78 is 7.92. The molecule has 0 aliphatic carbocycles. The number of aliphatic carboxylic acids is 1. The van der Waals surface area contributed by atoms with E-state index in [0.717, 1.165) is 53.2 Å². The maximum absolute atomic E-state index is 13.6. The van der Waals surface area contributed by atoms with Crippen LogP contribution in [0.3, 0.4) is 0 Å². The van der Waals surface area contributed by atoms with Gasteiger partial charge in [-0.2, -0.15) is 0 Å². The first-order valence-electron chi connectivity index (χ1n) is 12.3. The molecule has 2 N–H and O–H groups in total. The highest BCUT2D eigenvalue weighted by atomic mass is 35.5. The number of rotatable bonds is 9. The lowest BCUT2D eigenvalue weighted by Gasteiger charge is -2.34. The summed E-state index contributed by atoms with van der Waals surface area (Å²) in [4.78, 5) is 28.3. The smallest absolute Gasteiger partial charge is 0.303 e. The van der Waals surface area contributed by atoms with Gasteiger partial charge in [0.1, 0.15) is 17.7 Å². The molecule has 3 aromatic rings. The number of hydrogen-bond donors (Lipinski definition) is 2. The van der Waals surface area contributed by atoms with E-state index in [1.165, 1.54) is 11.3 Å². The Kier molecular flexibility index (Phi) is 8.22. The maximum Gasteiger partial charge on any atom is 0.303 e. The summed E-state index contributed by atoms with van der Waals surface area (Å²) in [6.45, 7) is 10.5. The summed E-state index contributed by atoms with van der Waals surface area (Å²) in [5.41, 5.74) is 4.65. The molecule has 0 atom stereocenters. The second kappa shape index (κ2) is 11.2. The Hall–Kier alpha value is -2.62. The number of amides is 1. The van der Waals surface area contributed by atoms with Crippen molar-refractivity contribution in [1.29, 1.82) is 0 Å². The van der Waals surface area contributed by atoms with Crippen LogP contribution in [-0.2, 0) is 17.8 Å². The van der Waals surface area contributed by atoms with E-state index < -0.39 is 5.97 Å². The lowest BCUT2D eigenvalue weighted by molar-refractivity contribution is -0.136. The van der Waals surface area contributed by atoms with E-state index in [2.05, 4.69) is 29.2 Å². The number of carboxylic acids is 1. The lowest BCUT2D eigenvalue weighted by Crippen LogP contribution is -2.47. The second-order valence-electron chi connectivity index (χ2n) is 9.67. The molecule has 8 nitrogen and oxygen atoms in total. The predicted molar refractivity (Wildman–Crippen MR) is 141 cm³/mol. The minimum Gasteiger partial charge on any atom is -0.481 e. The van der Waals surface area contributed by atoms with Gasteiger partial charge >= 0.3 is 5.97 Å². The number of carboxylic acid groups (broad SMARTS) is 1. The van der Waals surface area contributed by atoms with Gasteiger partial charge < -0.3 is 24.4 Å². The fourth-order valence-electron chi connectivity index (χ4n) is 5.04. The van der Waals surface area contributed by atoms with Crippen LogP contribution in [0.2, 0.25) is 4.34 Å². The molecule has 0 unspecified atom stereocenters. The monoisotopic (exact) mass is 532 g/mol. The number of halogens is 1. The van der Waals surface area contributed by atoms with Crippen molar-refractivity contribution >= 4 is 34.8 Å². The van der Waals surface area contributed by atoms with Crippen molar-refractivity contribution in [2.24, 2.45) is 0 Å². The van der Waals surface area contributed by atoms with Gasteiger partial charge in [0.2, 0.25) is 0 Å². The first-order valence-corrected chi connectivity index (χ1v) is 13.5. The summed E-state index contributed by atoms with van der Waals surface area (Å²) >= 11 is 7.58. The van der Waals surface area contributed by atoms with Crippen molar-refractivity contribution in [2.45, 2.75) is 72.0 Å². The molecular weight excluding hydrogens is 500 g/mol. The average molecular weight is 533 g/mol. The molecule has 194 valence electrons. The van der Waals surface area contributed by atoms with Crippen molar-refractivity contribution < 1.29 is 19.2 Å². The normalized spacial score (nSPS) is 15.1. The molecule has 1 saturated heterocycles. The fourth-order valence-corrected chi connectivity index (χ4v) is 6.11. The van der Waals surface area contributed by atoms with E-state index in [-0.39, 0.29) is 18.4 Å². The molecule has 0 saturated carbocycles. The third-order valence-electron chi connectivity index (χ3n) is 7.11. The molecule has 10 heteroatoms. The molecule has 1 aliphatic rings. The van der Waals surface area contributed by atoms with E-state index in [4.69, 9.17) is 16.1 Å². The number of thiophene rings is 1. The number of aromatic nitrogens is 2. The van der Waals surface area contributed by atoms with Gasteiger partial charge in [0, 0.05) is 42.2 Å². The second-order valence-corrected chi connectivity index (χ2v) is 11.4. The van der Waals surface area contributed by atoms with E-state index in [1.807, 2.05) is 30.5 Å². The molecule has 1 fully saturated rings. The molecule has 1 aliphatic heterocycles. The minimum absolute atomic E-state index is 0.00329. The van der Waals surface area contributed by atoms with Gasteiger partial charge in [0.15, 0.2) is 0 Å². The number of carbonyl (C=O) groups excluding carboxylic acids is 1. The van der Waals surface area contributed by atoms with Gasteiger partial charge in [-0.3, -0.25) is 9.59 Å². The number of piperidine rings is 1. The van der Waals surface area contributed by atoms with Gasteiger partial charge in [-0.1, -0.05) is 16.8 Å². The van der Waals surface area contributed by atoms with Crippen molar-refractivity contribution in [1.82, 2.24) is 19.9 Å². The highest BCUT2D eigenvalue weighted by Crippen LogP contribution is 2.34. The molecule has 36 heavy (non-hydrogen) atoms. The molecule has 0 bridgehead atoms. The van der Waals surface area contributed by atoms with Gasteiger partial charge in [-0.05, 0) is 70.2 Å². The Morgan fingerprint density at radius 3 is 2.61 bits per heavy atom. The minimum atomic E-state index is -0.863. The molecule has 0 spiro atoms. The number of carbonyl (C=O) groups is 2. The van der Waals surface area contributed by atoms with E-state index >= 15 is 0 Å². The van der Waals surface area contributed by atoms with E-state index in [1.54, 1.807) is 6.26 Å². The fraction of sp³-hybridized carbons (Fsp3) is 0.500. The average Bonchev–Trinajstić information content (AvgIpc) is 3.52. The molecule has 4 rings (SSSR count). The Bertz CT molecular complexity index is 1240. The summed E-state index contributed by atoms with van der Waals surface area (Å²) in [5.74, 6) is -0.998. The summed E-state index contributed by atoms with van der Waals surface area (Å²) in [6, 6.07) is 4.35. The topological polar surface area (TPSA) is 101 Å². The van der Waals surface area contributed by atoms with Crippen LogP contribution in [0.15, 0.2) is 22.9 Å². The third kappa shape index (κ3) is 5.68. The van der Waals surface area contributed by atoms with Gasteiger partial charge in [0.25, 0.3) is 5.91 Å². The Morgan fingerprint density at radius 1 is 1.28 bits per heavy atom. The van der Waals surface area contributed by atoms with Crippen LogP contribution in [0.1, 0.15) is 66.1 Å². The van der Waals surface area contributed by atoms with Crippen molar-refractivity contribution in [3.63, 3.8) is 0 Å². The van der Waals surface area contributed by atoms with Crippen LogP contribution >= 0.6 is 22.9 Å². The number of likely N-dealkylation sites (tertiary alicyclic amines) is 1. The zero-order valence-electron chi connectivity index (χ0n) is 21.1. The van der Waals surface area contributed by atoms with Crippen LogP contribution < -0.4 is 5.32 Å².